The van der Waals surface area contributed by atoms with E-state index in [9.17, 15) is 14.9 Å². The molecule has 200 valence electrons. The van der Waals surface area contributed by atoms with Gasteiger partial charge < -0.3 is 14.6 Å². The highest BCUT2D eigenvalue weighted by Crippen LogP contribution is 2.29. The molecule has 39 heavy (non-hydrogen) atoms. The number of hydrogen-bond donors (Lipinski definition) is 1. The zero-order valence-corrected chi connectivity index (χ0v) is 23.4. The number of amides is 1. The number of hydrogen-bond acceptors (Lipinski definition) is 4. The maximum Gasteiger partial charge on any atom is 0.251 e. The summed E-state index contributed by atoms with van der Waals surface area (Å²) < 4.78 is 7.86. The van der Waals surface area contributed by atoms with Crippen molar-refractivity contribution in [3.05, 3.63) is 99.7 Å². The highest BCUT2D eigenvalue weighted by Gasteiger charge is 2.17. The van der Waals surface area contributed by atoms with Gasteiger partial charge in [0.1, 0.15) is 11.8 Å². The Bertz CT molecular complexity index is 1580. The molecule has 0 bridgehead atoms. The normalized spacial score (nSPS) is 12.7. The van der Waals surface area contributed by atoms with Gasteiger partial charge >= 0.3 is 0 Å². The highest BCUT2D eigenvalue weighted by atomic mass is 16.5. The molecule has 6 heteroatoms. The molecular weight excluding hydrogens is 486 g/mol. The molecule has 0 fully saturated rings. The van der Waals surface area contributed by atoms with Crippen LogP contribution >= 0.6 is 0 Å². The number of aryl methyl sites for hydroxylation is 1. The van der Waals surface area contributed by atoms with Crippen molar-refractivity contribution in [3.63, 3.8) is 0 Å². The zero-order chi connectivity index (χ0) is 28.3. The van der Waals surface area contributed by atoms with E-state index in [4.69, 9.17) is 4.74 Å². The minimum atomic E-state index is -0.643. The van der Waals surface area contributed by atoms with E-state index in [2.05, 4.69) is 55.8 Å². The van der Waals surface area contributed by atoms with Crippen molar-refractivity contribution in [2.24, 2.45) is 0 Å². The minimum Gasteiger partial charge on any atom is -0.482 e. The number of nitrogens with one attached hydrogen (secondary N) is 1. The number of aromatic nitrogens is 1. The second-order valence-corrected chi connectivity index (χ2v) is 10.4. The largest absolute Gasteiger partial charge is 0.482 e. The van der Waals surface area contributed by atoms with Gasteiger partial charge in [0.25, 0.3) is 5.91 Å². The smallest absolute Gasteiger partial charge is 0.251 e. The molecule has 0 radical (unpaired) electrons. The van der Waals surface area contributed by atoms with Crippen molar-refractivity contribution < 1.29 is 14.3 Å². The van der Waals surface area contributed by atoms with E-state index < -0.39 is 6.10 Å². The first-order valence-corrected chi connectivity index (χ1v) is 13.3. The lowest BCUT2D eigenvalue weighted by molar-refractivity contribution is -0.113. The zero-order valence-electron chi connectivity index (χ0n) is 23.4. The molecule has 0 unspecified atom stereocenters. The molecule has 2 atom stereocenters. The monoisotopic (exact) mass is 521 g/mol. The van der Waals surface area contributed by atoms with Gasteiger partial charge in [-0.3, -0.25) is 9.59 Å². The topological polar surface area (TPSA) is 84.1 Å². The molecule has 1 N–H and O–H groups in total. The lowest BCUT2D eigenvalue weighted by Crippen LogP contribution is -2.26. The summed E-state index contributed by atoms with van der Waals surface area (Å²) in [6.07, 6.45) is 0.0630. The summed E-state index contributed by atoms with van der Waals surface area (Å²) in [4.78, 5) is 24.3. The lowest BCUT2D eigenvalue weighted by atomic mass is 9.98. The Kier molecular flexibility index (Phi) is 8.21. The van der Waals surface area contributed by atoms with Gasteiger partial charge in [-0.2, -0.15) is 5.26 Å². The number of carbonyl (C=O) groups is 2. The molecule has 0 spiro atoms. The van der Waals surface area contributed by atoms with Gasteiger partial charge in [-0.25, -0.2) is 0 Å². The standard InChI is InChI=1S/C33H35N3O3/c1-20(2)26-8-7-9-27(15-26)23(5)35-33(38)28-12-13-31-30(16-28)22(4)24(6)36(31)18-25-10-11-29(17-34)32(14-25)39-21(3)19-37/h7-16,19-21,23H,18H2,1-6H3,(H,35,38)/t21-,23-/m0/s1. The molecule has 0 saturated heterocycles. The van der Waals surface area contributed by atoms with Crippen LogP contribution in [0.5, 0.6) is 5.75 Å². The molecule has 0 aliphatic rings. The van der Waals surface area contributed by atoms with Gasteiger partial charge in [0.05, 0.1) is 11.6 Å². The third kappa shape index (κ3) is 5.88. The molecule has 0 aliphatic carbocycles. The average Bonchev–Trinajstić information content (AvgIpc) is 3.17. The Morgan fingerprint density at radius 1 is 1.03 bits per heavy atom. The average molecular weight is 522 g/mol. The SMILES string of the molecule is Cc1c(C)n(Cc2ccc(C#N)c(O[C@@H](C)C=O)c2)c2ccc(C(=O)N[C@@H](C)c3cccc(C(C)C)c3)cc12. The number of carbonyl (C=O) groups excluding carboxylic acids is 2. The fraction of sp³-hybridized carbons (Fsp3) is 0.303. The minimum absolute atomic E-state index is 0.109. The van der Waals surface area contributed by atoms with E-state index in [1.54, 1.807) is 13.0 Å². The van der Waals surface area contributed by atoms with E-state index in [0.29, 0.717) is 35.6 Å². The van der Waals surface area contributed by atoms with E-state index in [1.165, 1.54) is 5.56 Å². The van der Waals surface area contributed by atoms with Crippen molar-refractivity contribution in [2.75, 3.05) is 0 Å². The summed E-state index contributed by atoms with van der Waals surface area (Å²) in [5.74, 6) is 0.712. The Hall–Kier alpha value is -4.37. The van der Waals surface area contributed by atoms with Gasteiger partial charge in [0.15, 0.2) is 12.4 Å². The maximum atomic E-state index is 13.2. The second kappa shape index (κ2) is 11.6. The molecule has 4 rings (SSSR count). The van der Waals surface area contributed by atoms with Gasteiger partial charge in [0.2, 0.25) is 0 Å². The molecule has 0 saturated carbocycles. The summed E-state index contributed by atoms with van der Waals surface area (Å²) in [5.41, 5.74) is 7.51. The van der Waals surface area contributed by atoms with Crippen LogP contribution in [0.1, 0.15) is 83.5 Å². The van der Waals surface area contributed by atoms with Gasteiger partial charge in [-0.15, -0.1) is 0 Å². The van der Waals surface area contributed by atoms with Crippen LogP contribution in [0, 0.1) is 25.2 Å². The summed E-state index contributed by atoms with van der Waals surface area (Å²) in [6, 6.07) is 21.6. The van der Waals surface area contributed by atoms with Gasteiger partial charge in [-0.05, 0) is 86.2 Å². The summed E-state index contributed by atoms with van der Waals surface area (Å²) >= 11 is 0. The number of ether oxygens (including phenoxy) is 1. The maximum absolute atomic E-state index is 13.2. The van der Waals surface area contributed by atoms with E-state index >= 15 is 0 Å². The van der Waals surface area contributed by atoms with E-state index in [0.717, 1.165) is 33.3 Å². The van der Waals surface area contributed by atoms with Crippen molar-refractivity contribution in [3.8, 4) is 11.8 Å². The predicted molar refractivity (Wildman–Crippen MR) is 154 cm³/mol. The fourth-order valence-electron chi connectivity index (χ4n) is 4.81. The second-order valence-electron chi connectivity index (χ2n) is 10.4. The fourth-order valence-corrected chi connectivity index (χ4v) is 4.81. The number of rotatable bonds is 9. The van der Waals surface area contributed by atoms with E-state index in [1.807, 2.05) is 49.4 Å². The number of nitrogens with zero attached hydrogens (tertiary/aromatic N) is 2. The lowest BCUT2D eigenvalue weighted by Gasteiger charge is -2.17. The van der Waals surface area contributed by atoms with Crippen molar-refractivity contribution >= 4 is 23.1 Å². The van der Waals surface area contributed by atoms with Gasteiger partial charge in [-0.1, -0.05) is 44.2 Å². The predicted octanol–water partition coefficient (Wildman–Crippen LogP) is 6.76. The number of benzene rings is 3. The third-order valence-corrected chi connectivity index (χ3v) is 7.34. The third-order valence-electron chi connectivity index (χ3n) is 7.34. The van der Waals surface area contributed by atoms with Crippen LogP contribution in [0.2, 0.25) is 0 Å². The van der Waals surface area contributed by atoms with Crippen LogP contribution in [0.4, 0.5) is 0 Å². The van der Waals surface area contributed by atoms with Crippen molar-refractivity contribution in [2.45, 2.75) is 66.2 Å². The molecule has 1 amide bonds. The van der Waals surface area contributed by atoms with E-state index in [-0.39, 0.29) is 11.9 Å². The highest BCUT2D eigenvalue weighted by molar-refractivity contribution is 5.99. The Labute approximate surface area is 230 Å². The number of nitriles is 1. The van der Waals surface area contributed by atoms with Crippen LogP contribution in [0.15, 0.2) is 60.7 Å². The summed E-state index contributed by atoms with van der Waals surface area (Å²) in [6.45, 7) is 12.7. The van der Waals surface area contributed by atoms with Crippen LogP contribution in [-0.4, -0.2) is 22.9 Å². The van der Waals surface area contributed by atoms with Gasteiger partial charge in [0, 0.05) is 28.7 Å². The Morgan fingerprint density at radius 2 is 1.77 bits per heavy atom. The molecule has 1 heterocycles. The Balaban J connectivity index is 1.60. The van der Waals surface area contributed by atoms with Crippen LogP contribution in [0.3, 0.4) is 0 Å². The van der Waals surface area contributed by atoms with Crippen LogP contribution < -0.4 is 10.1 Å². The van der Waals surface area contributed by atoms with Crippen molar-refractivity contribution in [1.29, 1.82) is 5.26 Å². The first-order valence-electron chi connectivity index (χ1n) is 13.3. The molecular formula is C33H35N3O3. The van der Waals surface area contributed by atoms with Crippen LogP contribution in [0.25, 0.3) is 10.9 Å². The molecule has 6 nitrogen and oxygen atoms in total. The number of fused-ring (bicyclic) bond motifs is 1. The quantitative estimate of drug-likeness (QED) is 0.247. The summed E-state index contributed by atoms with van der Waals surface area (Å²) in [5, 5.41) is 13.6. The molecule has 3 aromatic carbocycles. The first-order chi connectivity index (χ1) is 18.6. The molecule has 0 aliphatic heterocycles. The summed E-state index contributed by atoms with van der Waals surface area (Å²) in [7, 11) is 0. The Morgan fingerprint density at radius 3 is 2.46 bits per heavy atom. The van der Waals surface area contributed by atoms with Crippen LogP contribution in [-0.2, 0) is 11.3 Å². The van der Waals surface area contributed by atoms with Crippen molar-refractivity contribution in [1.82, 2.24) is 9.88 Å². The molecule has 1 aromatic heterocycles. The number of aldehydes is 1. The first kappa shape index (κ1) is 27.7. The molecule has 4 aromatic rings.